The number of nitrogens with zero attached hydrogens (tertiary/aromatic N) is 4. The Morgan fingerprint density at radius 3 is 3.05 bits per heavy atom. The number of nitrogens with one attached hydrogen (secondary N) is 1. The largest absolute Gasteiger partial charge is 0.390 e. The standard InChI is InChI=1S/C9H10IN5O4/c10-4-9(13-14-11)5(16)3-7(19-9)15-2-1-6(17)12-8(15)18/h1-2,5,7,16H,3-4H2,(H,12,17,18)/t5-,7+,9+/m0/s1. The molecule has 2 N–H and O–H groups in total. The fraction of sp³-hybridized carbons (Fsp3) is 0.556. The second-order valence-electron chi connectivity index (χ2n) is 4.01. The molecule has 0 spiro atoms. The summed E-state index contributed by atoms with van der Waals surface area (Å²) in [5.74, 6) is 0. The van der Waals surface area contributed by atoms with Gasteiger partial charge in [-0.05, 0) is 5.53 Å². The van der Waals surface area contributed by atoms with Gasteiger partial charge in [0.15, 0.2) is 5.72 Å². The zero-order chi connectivity index (χ0) is 14.0. The molecule has 0 saturated carbocycles. The second-order valence-corrected chi connectivity index (χ2v) is 4.77. The lowest BCUT2D eigenvalue weighted by atomic mass is 10.1. The van der Waals surface area contributed by atoms with Crippen LogP contribution < -0.4 is 11.2 Å². The fourth-order valence-electron chi connectivity index (χ4n) is 1.87. The number of H-pyrrole nitrogens is 1. The Kier molecular flexibility index (Phi) is 3.94. The van der Waals surface area contributed by atoms with E-state index in [1.807, 2.05) is 22.6 Å². The van der Waals surface area contributed by atoms with Gasteiger partial charge in [-0.3, -0.25) is 14.3 Å². The lowest BCUT2D eigenvalue weighted by molar-refractivity contribution is -0.0819. The Morgan fingerprint density at radius 1 is 1.74 bits per heavy atom. The van der Waals surface area contributed by atoms with Gasteiger partial charge in [0.05, 0.1) is 6.10 Å². The number of aromatic amines is 1. The number of ether oxygens (including phenoxy) is 1. The predicted octanol–water partition coefficient (Wildman–Crippen LogP) is 0.258. The van der Waals surface area contributed by atoms with Gasteiger partial charge < -0.3 is 9.84 Å². The minimum absolute atomic E-state index is 0.0912. The smallest absolute Gasteiger partial charge is 0.330 e. The van der Waals surface area contributed by atoms with E-state index in [1.165, 1.54) is 12.3 Å². The first-order chi connectivity index (χ1) is 9.02. The van der Waals surface area contributed by atoms with Crippen LogP contribution in [-0.2, 0) is 4.74 Å². The summed E-state index contributed by atoms with van der Waals surface area (Å²) < 4.78 is 6.91. The highest BCUT2D eigenvalue weighted by atomic mass is 127. The predicted molar refractivity (Wildman–Crippen MR) is 72.8 cm³/mol. The molecule has 9 nitrogen and oxygen atoms in total. The third kappa shape index (κ3) is 2.52. The zero-order valence-corrected chi connectivity index (χ0v) is 11.7. The Morgan fingerprint density at radius 2 is 2.47 bits per heavy atom. The lowest BCUT2D eigenvalue weighted by Crippen LogP contribution is -2.39. The van der Waals surface area contributed by atoms with Crippen molar-refractivity contribution < 1.29 is 9.84 Å². The molecule has 1 aliphatic heterocycles. The lowest BCUT2D eigenvalue weighted by Gasteiger charge is -2.24. The van der Waals surface area contributed by atoms with E-state index in [-0.39, 0.29) is 10.8 Å². The van der Waals surface area contributed by atoms with E-state index in [0.717, 1.165) is 4.57 Å². The van der Waals surface area contributed by atoms with Crippen LogP contribution in [0.4, 0.5) is 0 Å². The third-order valence-corrected chi connectivity index (χ3v) is 3.95. The Hall–Kier alpha value is -1.36. The Bertz CT molecular complexity index is 636. The summed E-state index contributed by atoms with van der Waals surface area (Å²) in [5, 5.41) is 13.5. The van der Waals surface area contributed by atoms with Crippen molar-refractivity contribution in [3.8, 4) is 0 Å². The number of rotatable bonds is 3. The first-order valence-electron chi connectivity index (χ1n) is 5.32. The first kappa shape index (κ1) is 14.1. The number of alkyl halides is 1. The van der Waals surface area contributed by atoms with E-state index in [0.29, 0.717) is 0 Å². The van der Waals surface area contributed by atoms with E-state index in [1.54, 1.807) is 0 Å². The molecule has 0 radical (unpaired) electrons. The van der Waals surface area contributed by atoms with Crippen LogP contribution in [0.1, 0.15) is 12.6 Å². The number of aromatic nitrogens is 2. The Labute approximate surface area is 120 Å². The van der Waals surface area contributed by atoms with Crippen LogP contribution in [-0.4, -0.2) is 30.9 Å². The van der Waals surface area contributed by atoms with Crippen LogP contribution in [0.5, 0.6) is 0 Å². The topological polar surface area (TPSA) is 133 Å². The van der Waals surface area contributed by atoms with E-state index < -0.39 is 29.3 Å². The van der Waals surface area contributed by atoms with Crippen LogP contribution in [0.2, 0.25) is 0 Å². The quantitative estimate of drug-likeness (QED) is 0.256. The monoisotopic (exact) mass is 379 g/mol. The van der Waals surface area contributed by atoms with Crippen molar-refractivity contribution in [2.75, 3.05) is 4.43 Å². The van der Waals surface area contributed by atoms with Gasteiger partial charge in [-0.2, -0.15) is 0 Å². The van der Waals surface area contributed by atoms with Crippen molar-refractivity contribution in [2.24, 2.45) is 5.11 Å². The minimum atomic E-state index is -1.39. The van der Waals surface area contributed by atoms with E-state index in [2.05, 4.69) is 15.0 Å². The molecule has 1 aliphatic rings. The third-order valence-electron chi connectivity index (χ3n) is 2.85. The van der Waals surface area contributed by atoms with Crippen LogP contribution in [0, 0.1) is 0 Å². The molecule has 0 unspecified atom stereocenters. The van der Waals surface area contributed by atoms with Crippen molar-refractivity contribution in [3.63, 3.8) is 0 Å². The molecule has 10 heteroatoms. The fourth-order valence-corrected chi connectivity index (χ4v) is 2.72. The minimum Gasteiger partial charge on any atom is -0.390 e. The Balaban J connectivity index is 2.37. The first-order valence-corrected chi connectivity index (χ1v) is 6.84. The molecular formula is C9H10IN5O4. The van der Waals surface area contributed by atoms with Gasteiger partial charge in [0.2, 0.25) is 0 Å². The van der Waals surface area contributed by atoms with Crippen LogP contribution in [0.25, 0.3) is 10.4 Å². The van der Waals surface area contributed by atoms with Gasteiger partial charge in [0.25, 0.3) is 5.56 Å². The molecule has 1 aromatic rings. The number of hydrogen-bond acceptors (Lipinski definition) is 5. The van der Waals surface area contributed by atoms with Crippen molar-refractivity contribution in [1.82, 2.24) is 9.55 Å². The van der Waals surface area contributed by atoms with E-state index in [4.69, 9.17) is 10.3 Å². The summed E-state index contributed by atoms with van der Waals surface area (Å²) in [5.41, 5.74) is 5.98. The molecule has 0 bridgehead atoms. The molecule has 3 atom stereocenters. The van der Waals surface area contributed by atoms with Gasteiger partial charge in [-0.25, -0.2) is 4.79 Å². The van der Waals surface area contributed by atoms with Crippen molar-refractivity contribution in [1.29, 1.82) is 0 Å². The normalized spacial score (nSPS) is 30.0. The van der Waals surface area contributed by atoms with Crippen LogP contribution >= 0.6 is 22.6 Å². The maximum atomic E-state index is 11.6. The van der Waals surface area contributed by atoms with Crippen molar-refractivity contribution in [3.05, 3.63) is 43.5 Å². The molecule has 2 heterocycles. The average Bonchev–Trinajstić information content (AvgIpc) is 2.67. The molecule has 1 fully saturated rings. The maximum Gasteiger partial charge on any atom is 0.330 e. The molecule has 0 aliphatic carbocycles. The van der Waals surface area contributed by atoms with Gasteiger partial charge in [0.1, 0.15) is 6.23 Å². The molecule has 1 saturated heterocycles. The van der Waals surface area contributed by atoms with Gasteiger partial charge in [-0.15, -0.1) is 0 Å². The number of hydrogen-bond donors (Lipinski definition) is 2. The molecule has 1 aromatic heterocycles. The van der Waals surface area contributed by atoms with E-state index in [9.17, 15) is 14.7 Å². The zero-order valence-electron chi connectivity index (χ0n) is 9.56. The summed E-state index contributed by atoms with van der Waals surface area (Å²) in [4.78, 5) is 27.4. The summed E-state index contributed by atoms with van der Waals surface area (Å²) >= 11 is 1.93. The van der Waals surface area contributed by atoms with Crippen LogP contribution in [0.15, 0.2) is 27.0 Å². The molecule has 19 heavy (non-hydrogen) atoms. The molecule has 0 aromatic carbocycles. The van der Waals surface area contributed by atoms with Gasteiger partial charge in [0, 0.05) is 28.0 Å². The highest BCUT2D eigenvalue weighted by molar-refractivity contribution is 14.1. The average molecular weight is 379 g/mol. The van der Waals surface area contributed by atoms with Crippen molar-refractivity contribution in [2.45, 2.75) is 24.5 Å². The molecule has 2 rings (SSSR count). The number of aliphatic hydroxyl groups is 1. The number of azide groups is 1. The summed E-state index contributed by atoms with van der Waals surface area (Å²) in [6.45, 7) is 0. The molecule has 102 valence electrons. The molecular weight excluding hydrogens is 369 g/mol. The summed E-state index contributed by atoms with van der Waals surface area (Å²) in [7, 11) is 0. The number of halogens is 1. The van der Waals surface area contributed by atoms with Crippen LogP contribution in [0.3, 0.4) is 0 Å². The number of aliphatic hydroxyl groups excluding tert-OH is 1. The second kappa shape index (κ2) is 5.33. The maximum absolute atomic E-state index is 11.6. The van der Waals surface area contributed by atoms with Gasteiger partial charge in [-0.1, -0.05) is 27.7 Å². The summed E-state index contributed by atoms with van der Waals surface area (Å²) in [6, 6.07) is 1.18. The van der Waals surface area contributed by atoms with Gasteiger partial charge >= 0.3 is 5.69 Å². The highest BCUT2D eigenvalue weighted by Gasteiger charge is 2.48. The SMILES string of the molecule is [N-]=[N+]=N[C@]1(CI)O[C@@H](n2ccc(=O)[nH]c2=O)C[C@@H]1O. The summed E-state index contributed by atoms with van der Waals surface area (Å²) in [6.07, 6.45) is -0.449. The van der Waals surface area contributed by atoms with Crippen molar-refractivity contribution >= 4 is 22.6 Å². The van der Waals surface area contributed by atoms with E-state index >= 15 is 0 Å². The molecule has 0 amide bonds. The highest BCUT2D eigenvalue weighted by Crippen LogP contribution is 2.38.